The molecule has 0 N–H and O–H groups in total. The average molecular weight is 345 g/mol. The Balaban J connectivity index is 2.31. The van der Waals surface area contributed by atoms with Crippen LogP contribution in [0.4, 0.5) is 0 Å². The van der Waals surface area contributed by atoms with Crippen molar-refractivity contribution in [1.29, 1.82) is 0 Å². The molecule has 0 aromatic heterocycles. The third kappa shape index (κ3) is 3.48. The normalized spacial score (nSPS) is 11.1. The van der Waals surface area contributed by atoms with Crippen molar-refractivity contribution in [2.24, 2.45) is 0 Å². The van der Waals surface area contributed by atoms with Crippen LogP contribution in [-0.2, 0) is 4.79 Å². The van der Waals surface area contributed by atoms with Crippen molar-refractivity contribution in [2.75, 3.05) is 6.16 Å². The molecule has 0 spiro atoms. The number of carbonyl (C=O) groups is 1. The first kappa shape index (κ1) is 17.3. The summed E-state index contributed by atoms with van der Waals surface area (Å²) in [6.45, 7) is 5.70. The number of rotatable bonds is 6. The maximum atomic E-state index is 12.0. The van der Waals surface area contributed by atoms with Crippen molar-refractivity contribution in [3.8, 4) is 0 Å². The van der Waals surface area contributed by atoms with Gasteiger partial charge in [0.1, 0.15) is 29.3 Å². The van der Waals surface area contributed by atoms with E-state index in [1.165, 1.54) is 15.9 Å². The first-order valence-electron chi connectivity index (χ1n) is 8.38. The van der Waals surface area contributed by atoms with E-state index in [2.05, 4.69) is 79.4 Å². The lowest BCUT2D eigenvalue weighted by atomic mass is 10.2. The second-order valence-electron chi connectivity index (χ2n) is 6.13. The fourth-order valence-electron chi connectivity index (χ4n) is 3.17. The van der Waals surface area contributed by atoms with Crippen molar-refractivity contribution in [2.45, 2.75) is 6.92 Å². The SMILES string of the molecule is C=C(C[P+](c1ccccc1)(c1ccccc1)c1ccccc1)C(C)=O. The van der Waals surface area contributed by atoms with Gasteiger partial charge in [0.05, 0.1) is 0 Å². The van der Waals surface area contributed by atoms with Gasteiger partial charge in [-0.3, -0.25) is 4.79 Å². The van der Waals surface area contributed by atoms with Gasteiger partial charge < -0.3 is 0 Å². The van der Waals surface area contributed by atoms with Crippen LogP contribution in [0.25, 0.3) is 0 Å². The highest BCUT2D eigenvalue weighted by Gasteiger charge is 2.45. The van der Waals surface area contributed by atoms with E-state index in [-0.39, 0.29) is 5.78 Å². The molecule has 0 saturated carbocycles. The van der Waals surface area contributed by atoms with E-state index in [0.717, 1.165) is 0 Å². The fraction of sp³-hybridized carbons (Fsp3) is 0.0870. The Labute approximate surface area is 150 Å². The van der Waals surface area contributed by atoms with E-state index in [4.69, 9.17) is 0 Å². The minimum Gasteiger partial charge on any atom is -0.295 e. The first-order valence-corrected chi connectivity index (χ1v) is 10.4. The first-order chi connectivity index (χ1) is 12.1. The van der Waals surface area contributed by atoms with Crippen molar-refractivity contribution < 1.29 is 4.79 Å². The van der Waals surface area contributed by atoms with Crippen LogP contribution >= 0.6 is 7.26 Å². The second-order valence-corrected chi connectivity index (χ2v) is 9.62. The summed E-state index contributed by atoms with van der Waals surface area (Å²) in [6, 6.07) is 31.7. The Morgan fingerprint density at radius 1 is 0.720 bits per heavy atom. The third-order valence-corrected chi connectivity index (χ3v) is 8.91. The van der Waals surface area contributed by atoms with E-state index >= 15 is 0 Å². The highest BCUT2D eigenvalue weighted by atomic mass is 31.2. The van der Waals surface area contributed by atoms with Gasteiger partial charge in [-0.2, -0.15) is 0 Å². The summed E-state index contributed by atoms with van der Waals surface area (Å²) in [5.74, 6) is 0.0622. The zero-order chi connectivity index (χ0) is 17.7. The lowest BCUT2D eigenvalue weighted by molar-refractivity contribution is -0.113. The van der Waals surface area contributed by atoms with Gasteiger partial charge in [0, 0.05) is 5.57 Å². The maximum Gasteiger partial charge on any atom is 0.158 e. The van der Waals surface area contributed by atoms with Gasteiger partial charge >= 0.3 is 0 Å². The molecule has 1 nitrogen and oxygen atoms in total. The lowest BCUT2D eigenvalue weighted by Gasteiger charge is -2.28. The minimum atomic E-state index is -1.98. The molecule has 0 aliphatic carbocycles. The van der Waals surface area contributed by atoms with Crippen LogP contribution in [0.1, 0.15) is 6.92 Å². The van der Waals surface area contributed by atoms with Crippen molar-refractivity contribution in [1.82, 2.24) is 0 Å². The van der Waals surface area contributed by atoms with E-state index in [0.29, 0.717) is 11.7 Å². The van der Waals surface area contributed by atoms with E-state index in [1.54, 1.807) is 6.92 Å². The van der Waals surface area contributed by atoms with Gasteiger partial charge in [0.15, 0.2) is 5.78 Å². The summed E-state index contributed by atoms with van der Waals surface area (Å²) in [6.07, 6.45) is 0.667. The van der Waals surface area contributed by atoms with Crippen LogP contribution in [0.2, 0.25) is 0 Å². The molecule has 124 valence electrons. The molecule has 3 aromatic rings. The smallest absolute Gasteiger partial charge is 0.158 e. The molecule has 25 heavy (non-hydrogen) atoms. The molecule has 0 saturated heterocycles. The number of ketones is 1. The Bertz CT molecular complexity index is 758. The van der Waals surface area contributed by atoms with Crippen molar-refractivity contribution in [3.05, 3.63) is 103 Å². The molecule has 0 fully saturated rings. The molecule has 2 heteroatoms. The summed E-state index contributed by atoms with van der Waals surface area (Å²) in [5.41, 5.74) is 0.685. The molecule has 0 aliphatic heterocycles. The zero-order valence-electron chi connectivity index (χ0n) is 14.4. The Morgan fingerprint density at radius 2 is 1.04 bits per heavy atom. The summed E-state index contributed by atoms with van der Waals surface area (Å²) < 4.78 is 0. The minimum absolute atomic E-state index is 0.0622. The molecule has 0 atom stereocenters. The highest BCUT2D eigenvalue weighted by molar-refractivity contribution is 7.95. The number of Topliss-reactive ketones (excluding diaryl/α,β-unsaturated/α-hetero) is 1. The maximum absolute atomic E-state index is 12.0. The monoisotopic (exact) mass is 345 g/mol. The fourth-order valence-corrected chi connectivity index (χ4v) is 7.45. The van der Waals surface area contributed by atoms with Gasteiger partial charge in [-0.25, -0.2) is 0 Å². The Morgan fingerprint density at radius 3 is 1.32 bits per heavy atom. The molecule has 0 heterocycles. The number of carbonyl (C=O) groups excluding carboxylic acids is 1. The highest BCUT2D eigenvalue weighted by Crippen LogP contribution is 2.56. The predicted molar refractivity (Wildman–Crippen MR) is 110 cm³/mol. The van der Waals surface area contributed by atoms with Gasteiger partial charge in [0.25, 0.3) is 0 Å². The topological polar surface area (TPSA) is 17.1 Å². The van der Waals surface area contributed by atoms with Gasteiger partial charge in [-0.05, 0) is 43.3 Å². The predicted octanol–water partition coefficient (Wildman–Crippen LogP) is 4.13. The van der Waals surface area contributed by atoms with Crippen LogP contribution < -0.4 is 15.9 Å². The Kier molecular flexibility index (Phi) is 5.26. The van der Waals surface area contributed by atoms with Crippen LogP contribution in [0.3, 0.4) is 0 Å². The van der Waals surface area contributed by atoms with Gasteiger partial charge in [-0.15, -0.1) is 0 Å². The molecule has 3 rings (SSSR count). The third-order valence-electron chi connectivity index (χ3n) is 4.52. The summed E-state index contributed by atoms with van der Waals surface area (Å²) in [7, 11) is -1.98. The van der Waals surface area contributed by atoms with Crippen LogP contribution in [0, 0.1) is 0 Å². The average Bonchev–Trinajstić information content (AvgIpc) is 2.68. The number of hydrogen-bond acceptors (Lipinski definition) is 1. The summed E-state index contributed by atoms with van der Waals surface area (Å²) in [5, 5.41) is 3.82. The van der Waals surface area contributed by atoms with Gasteiger partial charge in [0.2, 0.25) is 0 Å². The molecule has 0 unspecified atom stereocenters. The Hall–Kier alpha value is -2.50. The molecular formula is C23H22OP+. The largest absolute Gasteiger partial charge is 0.295 e. The molecule has 0 bridgehead atoms. The molecule has 3 aromatic carbocycles. The van der Waals surface area contributed by atoms with Crippen LogP contribution in [-0.4, -0.2) is 11.9 Å². The van der Waals surface area contributed by atoms with Crippen molar-refractivity contribution >= 4 is 29.0 Å². The number of allylic oxidation sites excluding steroid dienone is 1. The molecule has 0 amide bonds. The van der Waals surface area contributed by atoms with Crippen molar-refractivity contribution in [3.63, 3.8) is 0 Å². The second kappa shape index (κ2) is 7.59. The summed E-state index contributed by atoms with van der Waals surface area (Å²) in [4.78, 5) is 12.0. The standard InChI is InChI=1S/C23H22OP/c1-19(20(2)24)18-25(21-12-6-3-7-13-21,22-14-8-4-9-15-22)23-16-10-5-11-17-23/h3-17H,1,18H2,2H3/q+1. The van der Waals surface area contributed by atoms with E-state index < -0.39 is 7.26 Å². The van der Waals surface area contributed by atoms with E-state index in [1.807, 2.05) is 18.2 Å². The van der Waals surface area contributed by atoms with Crippen LogP contribution in [0.5, 0.6) is 0 Å². The number of hydrogen-bond donors (Lipinski definition) is 0. The molecular weight excluding hydrogens is 323 g/mol. The van der Waals surface area contributed by atoms with E-state index in [9.17, 15) is 4.79 Å². The summed E-state index contributed by atoms with van der Waals surface area (Å²) >= 11 is 0. The number of benzene rings is 3. The molecule has 0 radical (unpaired) electrons. The zero-order valence-corrected chi connectivity index (χ0v) is 15.3. The lowest BCUT2D eigenvalue weighted by Crippen LogP contribution is -2.34. The molecule has 0 aliphatic rings. The quantitative estimate of drug-likeness (QED) is 0.485. The van der Waals surface area contributed by atoms with Gasteiger partial charge in [-0.1, -0.05) is 61.2 Å². The van der Waals surface area contributed by atoms with Crippen LogP contribution in [0.15, 0.2) is 103 Å².